The van der Waals surface area contributed by atoms with Crippen molar-refractivity contribution in [1.29, 1.82) is 0 Å². The van der Waals surface area contributed by atoms with E-state index in [4.69, 9.17) is 4.74 Å². The maximum atomic E-state index is 11.0. The van der Waals surface area contributed by atoms with Crippen LogP contribution in [0.15, 0.2) is 24.3 Å². The molecule has 0 spiro atoms. The second-order valence-corrected chi connectivity index (χ2v) is 6.18. The molecule has 110 valence electrons. The Hall–Kier alpha value is -1.06. The monoisotopic (exact) mass is 275 g/mol. The van der Waals surface area contributed by atoms with E-state index in [0.717, 1.165) is 37.2 Å². The standard InChI is InChI=1S/C17H25NO2/c1-20-15-8-6-14(7-9-15)16(19)17(10-2-3-11-17)18-12-4-5-13-18/h6-9,16,19H,2-5,10-13H2,1H3. The molecule has 1 aromatic rings. The highest BCUT2D eigenvalue weighted by Gasteiger charge is 2.46. The van der Waals surface area contributed by atoms with Crippen molar-refractivity contribution >= 4 is 0 Å². The maximum absolute atomic E-state index is 11.0. The van der Waals surface area contributed by atoms with Crippen molar-refractivity contribution in [2.75, 3.05) is 20.2 Å². The lowest BCUT2D eigenvalue weighted by molar-refractivity contribution is -0.0195. The summed E-state index contributed by atoms with van der Waals surface area (Å²) in [6.07, 6.45) is 6.90. The van der Waals surface area contributed by atoms with Crippen LogP contribution in [0.5, 0.6) is 5.75 Å². The first-order valence-electron chi connectivity index (χ1n) is 7.83. The van der Waals surface area contributed by atoms with Crippen molar-refractivity contribution in [1.82, 2.24) is 4.90 Å². The summed E-state index contributed by atoms with van der Waals surface area (Å²) in [6, 6.07) is 7.93. The van der Waals surface area contributed by atoms with Crippen LogP contribution in [0.25, 0.3) is 0 Å². The van der Waals surface area contributed by atoms with Crippen molar-refractivity contribution in [3.63, 3.8) is 0 Å². The lowest BCUT2D eigenvalue weighted by Crippen LogP contribution is -2.49. The third kappa shape index (κ3) is 2.33. The van der Waals surface area contributed by atoms with Crippen molar-refractivity contribution < 1.29 is 9.84 Å². The van der Waals surface area contributed by atoms with E-state index in [9.17, 15) is 5.11 Å². The van der Waals surface area contributed by atoms with E-state index >= 15 is 0 Å². The van der Waals surface area contributed by atoms with E-state index in [1.54, 1.807) is 7.11 Å². The number of nitrogens with zero attached hydrogens (tertiary/aromatic N) is 1. The minimum absolute atomic E-state index is 0.0227. The van der Waals surface area contributed by atoms with Crippen molar-refractivity contribution in [3.8, 4) is 5.75 Å². The fraction of sp³-hybridized carbons (Fsp3) is 0.647. The molecule has 1 N–H and O–H groups in total. The molecule has 3 rings (SSSR count). The SMILES string of the molecule is COc1ccc(C(O)C2(N3CCCC3)CCCC2)cc1. The van der Waals surface area contributed by atoms with E-state index in [1.807, 2.05) is 24.3 Å². The predicted molar refractivity (Wildman–Crippen MR) is 80.0 cm³/mol. The van der Waals surface area contributed by atoms with Crippen LogP contribution in [0.4, 0.5) is 0 Å². The highest BCUT2D eigenvalue weighted by molar-refractivity contribution is 5.30. The summed E-state index contributed by atoms with van der Waals surface area (Å²) in [6.45, 7) is 2.29. The second kappa shape index (κ2) is 5.74. The number of hydrogen-bond donors (Lipinski definition) is 1. The number of rotatable bonds is 4. The van der Waals surface area contributed by atoms with Crippen molar-refractivity contribution in [3.05, 3.63) is 29.8 Å². The summed E-state index contributed by atoms with van der Waals surface area (Å²) >= 11 is 0. The topological polar surface area (TPSA) is 32.7 Å². The van der Waals surface area contributed by atoms with Crippen LogP contribution in [0, 0.1) is 0 Å². The lowest BCUT2D eigenvalue weighted by atomic mass is 9.84. The van der Waals surface area contributed by atoms with Gasteiger partial charge in [-0.2, -0.15) is 0 Å². The van der Waals surface area contributed by atoms with E-state index in [1.165, 1.54) is 25.7 Å². The minimum atomic E-state index is -0.381. The molecule has 1 aromatic carbocycles. The molecule has 0 aromatic heterocycles. The first kappa shape index (κ1) is 13.9. The van der Waals surface area contributed by atoms with Crippen molar-refractivity contribution in [2.45, 2.75) is 50.2 Å². The van der Waals surface area contributed by atoms with Crippen LogP contribution in [0.2, 0.25) is 0 Å². The molecule has 3 nitrogen and oxygen atoms in total. The molecule has 20 heavy (non-hydrogen) atoms. The van der Waals surface area contributed by atoms with Gasteiger partial charge >= 0.3 is 0 Å². The fourth-order valence-corrected chi connectivity index (χ4v) is 4.01. The summed E-state index contributed by atoms with van der Waals surface area (Å²) in [5.74, 6) is 0.850. The molecule has 0 bridgehead atoms. The van der Waals surface area contributed by atoms with Crippen LogP contribution in [0.3, 0.4) is 0 Å². The van der Waals surface area contributed by atoms with Gasteiger partial charge in [-0.1, -0.05) is 25.0 Å². The van der Waals surface area contributed by atoms with Gasteiger partial charge in [-0.25, -0.2) is 0 Å². The van der Waals surface area contributed by atoms with Gasteiger partial charge < -0.3 is 9.84 Å². The molecule has 1 atom stereocenters. The molecule has 3 heteroatoms. The summed E-state index contributed by atoms with van der Waals surface area (Å²) in [4.78, 5) is 2.55. The molecule has 1 unspecified atom stereocenters. The summed E-state index contributed by atoms with van der Waals surface area (Å²) in [5.41, 5.74) is 1.00. The Labute approximate surface area is 121 Å². The third-order valence-electron chi connectivity index (χ3n) is 5.15. The quantitative estimate of drug-likeness (QED) is 0.916. The molecule has 1 aliphatic carbocycles. The number of benzene rings is 1. The number of ether oxygens (including phenoxy) is 1. The number of aliphatic hydroxyl groups is 1. The van der Waals surface area contributed by atoms with Gasteiger partial charge in [0, 0.05) is 0 Å². The molecule has 2 fully saturated rings. The first-order chi connectivity index (χ1) is 9.76. The smallest absolute Gasteiger partial charge is 0.118 e. The Morgan fingerprint density at radius 2 is 1.65 bits per heavy atom. The van der Waals surface area contributed by atoms with Gasteiger partial charge in [0.1, 0.15) is 5.75 Å². The van der Waals surface area contributed by atoms with E-state index in [2.05, 4.69) is 4.90 Å². The van der Waals surface area contributed by atoms with E-state index in [0.29, 0.717) is 0 Å². The Morgan fingerprint density at radius 3 is 2.20 bits per heavy atom. The number of aliphatic hydroxyl groups excluding tert-OH is 1. The van der Waals surface area contributed by atoms with Crippen LogP contribution >= 0.6 is 0 Å². The molecule has 0 radical (unpaired) electrons. The third-order valence-corrected chi connectivity index (χ3v) is 5.15. The molecule has 1 saturated heterocycles. The van der Waals surface area contributed by atoms with E-state index < -0.39 is 0 Å². The second-order valence-electron chi connectivity index (χ2n) is 6.18. The lowest BCUT2D eigenvalue weighted by Gasteiger charge is -2.43. The average Bonchev–Trinajstić information content (AvgIpc) is 3.18. The maximum Gasteiger partial charge on any atom is 0.118 e. The van der Waals surface area contributed by atoms with E-state index in [-0.39, 0.29) is 11.6 Å². The van der Waals surface area contributed by atoms with Crippen LogP contribution < -0.4 is 4.74 Å². The molecule has 1 saturated carbocycles. The average molecular weight is 275 g/mol. The Balaban J connectivity index is 1.86. The minimum Gasteiger partial charge on any atom is -0.497 e. The van der Waals surface area contributed by atoms with Gasteiger partial charge in [0.2, 0.25) is 0 Å². The van der Waals surface area contributed by atoms with Gasteiger partial charge in [0.15, 0.2) is 0 Å². The van der Waals surface area contributed by atoms with Crippen LogP contribution in [-0.4, -0.2) is 35.7 Å². The zero-order valence-electron chi connectivity index (χ0n) is 12.3. The summed E-state index contributed by atoms with van der Waals surface area (Å²) in [7, 11) is 1.67. The molecule has 2 aliphatic rings. The zero-order chi connectivity index (χ0) is 14.0. The Bertz CT molecular complexity index is 431. The molecule has 1 aliphatic heterocycles. The summed E-state index contributed by atoms with van der Waals surface area (Å²) < 4.78 is 5.21. The Kier molecular flexibility index (Phi) is 3.99. The summed E-state index contributed by atoms with van der Waals surface area (Å²) in [5, 5.41) is 11.0. The predicted octanol–water partition coefficient (Wildman–Crippen LogP) is 3.14. The highest BCUT2D eigenvalue weighted by atomic mass is 16.5. The normalized spacial score (nSPS) is 23.9. The van der Waals surface area contributed by atoms with Gasteiger partial charge in [-0.15, -0.1) is 0 Å². The molecule has 1 heterocycles. The Morgan fingerprint density at radius 1 is 1.05 bits per heavy atom. The highest BCUT2D eigenvalue weighted by Crippen LogP contribution is 2.45. The van der Waals surface area contributed by atoms with Crippen LogP contribution in [-0.2, 0) is 0 Å². The van der Waals surface area contributed by atoms with Gasteiger partial charge in [0.25, 0.3) is 0 Å². The molecular formula is C17H25NO2. The van der Waals surface area contributed by atoms with Gasteiger partial charge in [-0.3, -0.25) is 4.90 Å². The van der Waals surface area contributed by atoms with Crippen molar-refractivity contribution in [2.24, 2.45) is 0 Å². The molecular weight excluding hydrogens is 250 g/mol. The zero-order valence-corrected chi connectivity index (χ0v) is 12.3. The largest absolute Gasteiger partial charge is 0.497 e. The number of likely N-dealkylation sites (tertiary alicyclic amines) is 1. The van der Waals surface area contributed by atoms with Gasteiger partial charge in [-0.05, 0) is 56.5 Å². The molecule has 0 amide bonds. The number of methoxy groups -OCH3 is 1. The van der Waals surface area contributed by atoms with Gasteiger partial charge in [0.05, 0.1) is 18.8 Å². The van der Waals surface area contributed by atoms with Crippen LogP contribution in [0.1, 0.15) is 50.2 Å². The first-order valence-corrected chi connectivity index (χ1v) is 7.83. The fourth-order valence-electron chi connectivity index (χ4n) is 4.01. The number of hydrogen-bond acceptors (Lipinski definition) is 3.